The Morgan fingerprint density at radius 2 is 2.11 bits per heavy atom. The Balaban J connectivity index is 0.00000324. The molecule has 0 saturated heterocycles. The fourth-order valence-corrected chi connectivity index (χ4v) is 1.19. The SMILES string of the molecule is CC(C)(C)NC(N)=NCc1nccc(C(F)F)n1.I. The summed E-state index contributed by atoms with van der Waals surface area (Å²) in [6.45, 7) is 5.87. The zero-order chi connectivity index (χ0) is 13.8. The fraction of sp³-hybridized carbons (Fsp3) is 0.545. The Kier molecular flexibility index (Phi) is 7.09. The number of rotatable bonds is 3. The van der Waals surface area contributed by atoms with Gasteiger partial charge in [-0.2, -0.15) is 0 Å². The van der Waals surface area contributed by atoms with E-state index in [4.69, 9.17) is 5.73 Å². The molecule has 1 rings (SSSR count). The van der Waals surface area contributed by atoms with Gasteiger partial charge in [0, 0.05) is 11.7 Å². The molecule has 8 heteroatoms. The van der Waals surface area contributed by atoms with Gasteiger partial charge in [-0.05, 0) is 26.8 Å². The van der Waals surface area contributed by atoms with Gasteiger partial charge in [0.1, 0.15) is 18.1 Å². The van der Waals surface area contributed by atoms with Gasteiger partial charge in [0.15, 0.2) is 5.96 Å². The van der Waals surface area contributed by atoms with Crippen LogP contribution in [0.3, 0.4) is 0 Å². The molecule has 1 heterocycles. The van der Waals surface area contributed by atoms with Crippen molar-refractivity contribution in [2.75, 3.05) is 0 Å². The molecular weight excluding hydrogens is 367 g/mol. The summed E-state index contributed by atoms with van der Waals surface area (Å²) in [7, 11) is 0. The smallest absolute Gasteiger partial charge is 0.280 e. The Morgan fingerprint density at radius 1 is 1.47 bits per heavy atom. The third-order valence-corrected chi connectivity index (χ3v) is 1.84. The van der Waals surface area contributed by atoms with Gasteiger partial charge in [0.25, 0.3) is 6.43 Å². The second kappa shape index (κ2) is 7.51. The first-order chi connectivity index (χ1) is 8.28. The van der Waals surface area contributed by atoms with Gasteiger partial charge in [0.05, 0.1) is 0 Å². The molecule has 1 aromatic heterocycles. The summed E-state index contributed by atoms with van der Waals surface area (Å²) >= 11 is 0. The minimum Gasteiger partial charge on any atom is -0.370 e. The molecule has 0 radical (unpaired) electrons. The maximum absolute atomic E-state index is 12.4. The molecule has 0 fully saturated rings. The summed E-state index contributed by atoms with van der Waals surface area (Å²) in [5.41, 5.74) is 5.12. The molecule has 108 valence electrons. The summed E-state index contributed by atoms with van der Waals surface area (Å²) in [4.78, 5) is 11.5. The quantitative estimate of drug-likeness (QED) is 0.476. The third kappa shape index (κ3) is 7.19. The van der Waals surface area contributed by atoms with Crippen LogP contribution in [0.2, 0.25) is 0 Å². The van der Waals surface area contributed by atoms with Gasteiger partial charge in [-0.25, -0.2) is 23.7 Å². The number of hydrogen-bond donors (Lipinski definition) is 2. The van der Waals surface area contributed by atoms with Crippen molar-refractivity contribution >= 4 is 29.9 Å². The first-order valence-corrected chi connectivity index (χ1v) is 5.46. The van der Waals surface area contributed by atoms with Crippen molar-refractivity contribution in [1.29, 1.82) is 0 Å². The molecular formula is C11H18F2IN5. The standard InChI is InChI=1S/C11H17F2N5.HI/c1-11(2,3)18-10(14)16-6-8-15-5-4-7(17-8)9(12)13;/h4-5,9H,6H2,1-3H3,(H3,14,16,18);1H. The molecule has 0 saturated carbocycles. The van der Waals surface area contributed by atoms with Crippen LogP contribution < -0.4 is 11.1 Å². The van der Waals surface area contributed by atoms with Crippen LogP contribution in [0, 0.1) is 0 Å². The topological polar surface area (TPSA) is 76.2 Å². The highest BCUT2D eigenvalue weighted by Crippen LogP contribution is 2.15. The first kappa shape index (κ1) is 17.9. The van der Waals surface area contributed by atoms with E-state index >= 15 is 0 Å². The third-order valence-electron chi connectivity index (χ3n) is 1.84. The van der Waals surface area contributed by atoms with Crippen molar-refractivity contribution in [3.63, 3.8) is 0 Å². The number of nitrogens with zero attached hydrogens (tertiary/aromatic N) is 3. The van der Waals surface area contributed by atoms with Gasteiger partial charge >= 0.3 is 0 Å². The van der Waals surface area contributed by atoms with Crippen LogP contribution in [0.4, 0.5) is 8.78 Å². The molecule has 0 amide bonds. The van der Waals surface area contributed by atoms with Crippen molar-refractivity contribution in [2.24, 2.45) is 10.7 Å². The molecule has 0 spiro atoms. The van der Waals surface area contributed by atoms with Gasteiger partial charge < -0.3 is 11.1 Å². The molecule has 0 aliphatic rings. The highest BCUT2D eigenvalue weighted by molar-refractivity contribution is 14.0. The Bertz CT molecular complexity index is 431. The van der Waals surface area contributed by atoms with Crippen LogP contribution in [0.25, 0.3) is 0 Å². The zero-order valence-corrected chi connectivity index (χ0v) is 13.4. The van der Waals surface area contributed by atoms with Crippen LogP contribution in [-0.4, -0.2) is 21.5 Å². The average molecular weight is 385 g/mol. The molecule has 0 atom stereocenters. The highest BCUT2D eigenvalue weighted by atomic mass is 127. The number of aliphatic imine (C=N–C) groups is 1. The summed E-state index contributed by atoms with van der Waals surface area (Å²) in [5.74, 6) is 0.444. The van der Waals surface area contributed by atoms with Crippen molar-refractivity contribution in [1.82, 2.24) is 15.3 Å². The van der Waals surface area contributed by atoms with E-state index in [-0.39, 0.29) is 53.5 Å². The largest absolute Gasteiger partial charge is 0.370 e. The van der Waals surface area contributed by atoms with E-state index < -0.39 is 6.43 Å². The monoisotopic (exact) mass is 385 g/mol. The van der Waals surface area contributed by atoms with E-state index in [2.05, 4.69) is 20.3 Å². The Hall–Kier alpha value is -1.06. The number of hydrogen-bond acceptors (Lipinski definition) is 3. The minimum atomic E-state index is -2.61. The summed E-state index contributed by atoms with van der Waals surface area (Å²) in [5, 5.41) is 2.95. The molecule has 0 unspecified atom stereocenters. The van der Waals surface area contributed by atoms with E-state index in [9.17, 15) is 8.78 Å². The van der Waals surface area contributed by atoms with Gasteiger partial charge in [-0.15, -0.1) is 24.0 Å². The molecule has 5 nitrogen and oxygen atoms in total. The molecule has 0 aliphatic carbocycles. The van der Waals surface area contributed by atoms with Crippen molar-refractivity contribution < 1.29 is 8.78 Å². The molecule has 1 aromatic rings. The molecule has 0 bridgehead atoms. The van der Waals surface area contributed by atoms with E-state index in [1.54, 1.807) is 0 Å². The predicted octanol–water partition coefficient (Wildman–Crippen LogP) is 2.24. The summed E-state index contributed by atoms with van der Waals surface area (Å²) < 4.78 is 24.8. The fourth-order valence-electron chi connectivity index (χ4n) is 1.19. The first-order valence-electron chi connectivity index (χ1n) is 5.46. The van der Waals surface area contributed by atoms with Crippen LogP contribution in [0.1, 0.15) is 38.7 Å². The molecule has 19 heavy (non-hydrogen) atoms. The molecule has 3 N–H and O–H groups in total. The van der Waals surface area contributed by atoms with E-state index in [0.717, 1.165) is 0 Å². The highest BCUT2D eigenvalue weighted by Gasteiger charge is 2.11. The number of guanidine groups is 1. The van der Waals surface area contributed by atoms with Gasteiger partial charge in [-0.3, -0.25) is 0 Å². The maximum atomic E-state index is 12.4. The van der Waals surface area contributed by atoms with Gasteiger partial charge in [-0.1, -0.05) is 0 Å². The van der Waals surface area contributed by atoms with Crippen LogP contribution in [-0.2, 0) is 6.54 Å². The van der Waals surface area contributed by atoms with Crippen molar-refractivity contribution in [3.05, 3.63) is 23.8 Å². The molecule has 0 aromatic carbocycles. The molecule has 0 aliphatic heterocycles. The van der Waals surface area contributed by atoms with Crippen molar-refractivity contribution in [2.45, 2.75) is 39.3 Å². The van der Waals surface area contributed by atoms with Crippen LogP contribution in [0.15, 0.2) is 17.3 Å². The number of nitrogens with one attached hydrogen (secondary N) is 1. The number of nitrogens with two attached hydrogens (primary N) is 1. The normalized spacial score (nSPS) is 12.2. The lowest BCUT2D eigenvalue weighted by molar-refractivity contribution is 0.145. The predicted molar refractivity (Wildman–Crippen MR) is 80.6 cm³/mol. The van der Waals surface area contributed by atoms with Gasteiger partial charge in [0.2, 0.25) is 0 Å². The number of aromatic nitrogens is 2. The second-order valence-electron chi connectivity index (χ2n) is 4.77. The maximum Gasteiger partial charge on any atom is 0.280 e. The van der Waals surface area contributed by atoms with E-state index in [1.807, 2.05) is 20.8 Å². The second-order valence-corrected chi connectivity index (χ2v) is 4.77. The van der Waals surface area contributed by atoms with Crippen molar-refractivity contribution in [3.8, 4) is 0 Å². The number of halogens is 3. The zero-order valence-electron chi connectivity index (χ0n) is 11.0. The Labute approximate surface area is 128 Å². The van der Waals surface area contributed by atoms with E-state index in [0.29, 0.717) is 0 Å². The van der Waals surface area contributed by atoms with Crippen LogP contribution >= 0.6 is 24.0 Å². The summed E-state index contributed by atoms with van der Waals surface area (Å²) in [6.07, 6.45) is -1.33. The lowest BCUT2D eigenvalue weighted by atomic mass is 10.1. The number of alkyl halides is 2. The summed E-state index contributed by atoms with van der Waals surface area (Å²) in [6, 6.07) is 1.18. The lowest BCUT2D eigenvalue weighted by Gasteiger charge is -2.20. The van der Waals surface area contributed by atoms with Crippen LogP contribution in [0.5, 0.6) is 0 Å². The Morgan fingerprint density at radius 3 is 2.63 bits per heavy atom. The van der Waals surface area contributed by atoms with E-state index in [1.165, 1.54) is 12.3 Å². The lowest BCUT2D eigenvalue weighted by Crippen LogP contribution is -2.45. The minimum absolute atomic E-state index is 0. The average Bonchev–Trinajstić information content (AvgIpc) is 2.24.